The molecule has 7 nitrogen and oxygen atoms in total. The molecule has 0 saturated carbocycles. The van der Waals surface area contributed by atoms with E-state index < -0.39 is 0 Å². The third kappa shape index (κ3) is 5.95. The number of methoxy groups -OCH3 is 1. The number of carbonyl (C=O) groups is 1. The quantitative estimate of drug-likeness (QED) is 0.661. The predicted molar refractivity (Wildman–Crippen MR) is 116 cm³/mol. The molecule has 1 amide bonds. The Balaban J connectivity index is 1.42. The van der Waals surface area contributed by atoms with Crippen molar-refractivity contribution in [2.75, 3.05) is 33.3 Å². The molecule has 0 unspecified atom stereocenters. The number of aryl methyl sites for hydroxylation is 1. The first kappa shape index (κ1) is 22.6. The minimum atomic E-state index is -0.133. The van der Waals surface area contributed by atoms with E-state index in [1.807, 2.05) is 43.9 Å². The zero-order chi connectivity index (χ0) is 21.7. The van der Waals surface area contributed by atoms with Crippen molar-refractivity contribution in [2.24, 2.45) is 0 Å². The summed E-state index contributed by atoms with van der Waals surface area (Å²) in [4.78, 5) is 21.3. The Morgan fingerprint density at radius 1 is 1.23 bits per heavy atom. The van der Waals surface area contributed by atoms with Crippen molar-refractivity contribution in [3.8, 4) is 5.75 Å². The highest BCUT2D eigenvalue weighted by Gasteiger charge is 2.23. The molecule has 1 saturated heterocycles. The number of piperazine rings is 1. The third-order valence-corrected chi connectivity index (χ3v) is 5.52. The fraction of sp³-hybridized carbons (Fsp3) is 0.591. The topological polar surface area (TPSA) is 71.7 Å². The van der Waals surface area contributed by atoms with E-state index in [-0.39, 0.29) is 11.3 Å². The molecule has 3 rings (SSSR count). The van der Waals surface area contributed by atoms with E-state index in [9.17, 15) is 4.79 Å². The number of amides is 1. The fourth-order valence-electron chi connectivity index (χ4n) is 3.48. The molecule has 0 radical (unpaired) electrons. The number of benzene rings is 1. The minimum Gasteiger partial charge on any atom is -0.496 e. The Hall–Kier alpha value is -2.12. The Morgan fingerprint density at radius 3 is 2.60 bits per heavy atom. The second-order valence-electron chi connectivity index (χ2n) is 8.73. The maximum Gasteiger partial charge on any atom is 0.226 e. The highest BCUT2D eigenvalue weighted by molar-refractivity contribution is 6.30. The zero-order valence-corrected chi connectivity index (χ0v) is 19.0. The molecular weight excluding hydrogens is 404 g/mol. The van der Waals surface area contributed by atoms with Crippen LogP contribution in [0.4, 0.5) is 0 Å². The van der Waals surface area contributed by atoms with E-state index >= 15 is 0 Å². The van der Waals surface area contributed by atoms with Crippen LogP contribution < -0.4 is 4.74 Å². The summed E-state index contributed by atoms with van der Waals surface area (Å²) in [5, 5.41) is 4.74. The van der Waals surface area contributed by atoms with Gasteiger partial charge < -0.3 is 14.2 Å². The molecule has 1 aliphatic rings. The molecule has 0 bridgehead atoms. The van der Waals surface area contributed by atoms with Gasteiger partial charge in [0, 0.05) is 61.6 Å². The summed E-state index contributed by atoms with van der Waals surface area (Å²) in [6, 6.07) is 5.67. The zero-order valence-electron chi connectivity index (χ0n) is 18.3. The summed E-state index contributed by atoms with van der Waals surface area (Å²) >= 11 is 6.13. The summed E-state index contributed by atoms with van der Waals surface area (Å²) < 4.78 is 10.7. The summed E-state index contributed by atoms with van der Waals surface area (Å²) in [5.41, 5.74) is 0.936. The lowest BCUT2D eigenvalue weighted by Gasteiger charge is -2.35. The van der Waals surface area contributed by atoms with Crippen LogP contribution in [0.2, 0.25) is 5.02 Å². The molecule has 8 heteroatoms. The van der Waals surface area contributed by atoms with Crippen LogP contribution in [-0.4, -0.2) is 59.1 Å². The lowest BCUT2D eigenvalue weighted by atomic mass is 9.96. The molecule has 1 aromatic carbocycles. The van der Waals surface area contributed by atoms with E-state index in [1.54, 1.807) is 7.11 Å². The summed E-state index contributed by atoms with van der Waals surface area (Å²) in [7, 11) is 1.67. The number of nitrogens with zero attached hydrogens (tertiary/aromatic N) is 4. The molecule has 1 aromatic heterocycles. The maximum absolute atomic E-state index is 12.6. The van der Waals surface area contributed by atoms with Gasteiger partial charge in [0.15, 0.2) is 5.82 Å². The average Bonchev–Trinajstić information content (AvgIpc) is 3.18. The molecule has 0 N–H and O–H groups in total. The van der Waals surface area contributed by atoms with Crippen LogP contribution in [0.5, 0.6) is 5.75 Å². The Kier molecular flexibility index (Phi) is 7.36. The van der Waals surface area contributed by atoms with Crippen LogP contribution in [-0.2, 0) is 23.2 Å². The number of rotatable bonds is 7. The van der Waals surface area contributed by atoms with Crippen molar-refractivity contribution in [1.29, 1.82) is 0 Å². The van der Waals surface area contributed by atoms with Crippen molar-refractivity contribution < 1.29 is 14.1 Å². The molecule has 1 aliphatic heterocycles. The van der Waals surface area contributed by atoms with Crippen molar-refractivity contribution in [3.05, 3.63) is 40.5 Å². The summed E-state index contributed by atoms with van der Waals surface area (Å²) in [5.74, 6) is 2.34. The number of halogens is 1. The van der Waals surface area contributed by atoms with Gasteiger partial charge in [-0.2, -0.15) is 4.98 Å². The molecule has 30 heavy (non-hydrogen) atoms. The SMILES string of the molecule is COc1ccc(Cl)cc1CN1CCN(C(=O)CCCc2nc(C(C)(C)C)no2)CC1. The normalized spacial score (nSPS) is 15.4. The van der Waals surface area contributed by atoms with Gasteiger partial charge in [0.25, 0.3) is 0 Å². The molecule has 2 aromatic rings. The van der Waals surface area contributed by atoms with Crippen LogP contribution in [0.25, 0.3) is 0 Å². The van der Waals surface area contributed by atoms with E-state index in [0.29, 0.717) is 36.0 Å². The van der Waals surface area contributed by atoms with Crippen molar-refractivity contribution in [1.82, 2.24) is 19.9 Å². The number of hydrogen-bond acceptors (Lipinski definition) is 6. The molecule has 2 heterocycles. The Bertz CT molecular complexity index is 854. The van der Waals surface area contributed by atoms with Gasteiger partial charge >= 0.3 is 0 Å². The first-order valence-electron chi connectivity index (χ1n) is 10.4. The number of hydrogen-bond donors (Lipinski definition) is 0. The predicted octanol–water partition coefficient (Wildman–Crippen LogP) is 3.70. The molecular formula is C22H31ClN4O3. The van der Waals surface area contributed by atoms with E-state index in [2.05, 4.69) is 15.0 Å². The first-order valence-corrected chi connectivity index (χ1v) is 10.8. The molecule has 0 spiro atoms. The van der Waals surface area contributed by atoms with E-state index in [1.165, 1.54) is 0 Å². The van der Waals surface area contributed by atoms with Gasteiger partial charge in [-0.3, -0.25) is 9.69 Å². The standard InChI is InChI=1S/C22H31ClN4O3/c1-22(2,3)21-24-19(30-25-21)6-5-7-20(28)27-12-10-26(11-13-27)15-16-14-17(23)8-9-18(16)29-4/h8-9,14H,5-7,10-13,15H2,1-4H3. The highest BCUT2D eigenvalue weighted by atomic mass is 35.5. The van der Waals surface area contributed by atoms with Gasteiger partial charge in [0.05, 0.1) is 7.11 Å². The smallest absolute Gasteiger partial charge is 0.226 e. The fourth-order valence-corrected chi connectivity index (χ4v) is 3.67. The monoisotopic (exact) mass is 434 g/mol. The Morgan fingerprint density at radius 2 is 1.97 bits per heavy atom. The maximum atomic E-state index is 12.6. The molecule has 0 atom stereocenters. The first-order chi connectivity index (χ1) is 14.3. The number of carbonyl (C=O) groups excluding carboxylic acids is 1. The van der Waals surface area contributed by atoms with Crippen LogP contribution >= 0.6 is 11.6 Å². The van der Waals surface area contributed by atoms with Gasteiger partial charge in [0.2, 0.25) is 11.8 Å². The van der Waals surface area contributed by atoms with E-state index in [4.69, 9.17) is 20.9 Å². The van der Waals surface area contributed by atoms with Crippen molar-refractivity contribution in [3.63, 3.8) is 0 Å². The second kappa shape index (κ2) is 9.79. The Labute approximate surface area is 183 Å². The number of aromatic nitrogens is 2. The van der Waals surface area contributed by atoms with Gasteiger partial charge in [-0.1, -0.05) is 37.5 Å². The van der Waals surface area contributed by atoms with Crippen LogP contribution in [0.15, 0.2) is 22.7 Å². The van der Waals surface area contributed by atoms with Crippen LogP contribution in [0.3, 0.4) is 0 Å². The lowest BCUT2D eigenvalue weighted by Crippen LogP contribution is -2.48. The van der Waals surface area contributed by atoms with Crippen LogP contribution in [0.1, 0.15) is 50.9 Å². The molecule has 164 valence electrons. The summed E-state index contributed by atoms with van der Waals surface area (Å²) in [6.45, 7) is 10.0. The largest absolute Gasteiger partial charge is 0.496 e. The molecule has 1 fully saturated rings. The lowest BCUT2D eigenvalue weighted by molar-refractivity contribution is -0.133. The summed E-state index contributed by atoms with van der Waals surface area (Å²) in [6.07, 6.45) is 1.84. The third-order valence-electron chi connectivity index (χ3n) is 5.28. The van der Waals surface area contributed by atoms with Crippen molar-refractivity contribution in [2.45, 2.75) is 52.0 Å². The van der Waals surface area contributed by atoms with E-state index in [0.717, 1.165) is 44.0 Å². The van der Waals surface area contributed by atoms with Crippen LogP contribution in [0, 0.1) is 0 Å². The number of ether oxygens (including phenoxy) is 1. The van der Waals surface area contributed by atoms with Crippen molar-refractivity contribution >= 4 is 17.5 Å². The average molecular weight is 435 g/mol. The van der Waals surface area contributed by atoms with Gasteiger partial charge in [0.1, 0.15) is 5.75 Å². The van der Waals surface area contributed by atoms with Gasteiger partial charge in [-0.05, 0) is 24.6 Å². The van der Waals surface area contributed by atoms with Gasteiger partial charge in [-0.25, -0.2) is 0 Å². The van der Waals surface area contributed by atoms with Gasteiger partial charge in [-0.15, -0.1) is 0 Å². The highest BCUT2D eigenvalue weighted by Crippen LogP contribution is 2.24. The second-order valence-corrected chi connectivity index (χ2v) is 9.16. The molecule has 0 aliphatic carbocycles. The minimum absolute atomic E-state index is 0.133.